The largest absolute Gasteiger partial charge is 0.0848 e. The molecule has 3 saturated carbocycles. The maximum atomic E-state index is 2.45. The summed E-state index contributed by atoms with van der Waals surface area (Å²) in [6.07, 6.45) is 22.8. The van der Waals surface area contributed by atoms with Crippen LogP contribution < -0.4 is 0 Å². The highest BCUT2D eigenvalue weighted by molar-refractivity contribution is 5.47. The van der Waals surface area contributed by atoms with Gasteiger partial charge in [0, 0.05) is 0 Å². The van der Waals surface area contributed by atoms with Gasteiger partial charge in [-0.3, -0.25) is 0 Å². The van der Waals surface area contributed by atoms with E-state index in [2.05, 4.69) is 44.2 Å². The average molecular weight is 299 g/mol. The lowest BCUT2D eigenvalue weighted by Gasteiger charge is -2.49. The molecule has 0 amide bonds. The lowest BCUT2D eigenvalue weighted by Crippen LogP contribution is -2.36. The van der Waals surface area contributed by atoms with Crippen LogP contribution in [0, 0.1) is 11.3 Å². The molecule has 4 aliphatic rings. The van der Waals surface area contributed by atoms with Gasteiger partial charge in [-0.25, -0.2) is 0 Å². The third kappa shape index (κ3) is 3.65. The molecular weight excluding hydrogens is 264 g/mol. The molecule has 0 spiro atoms. The van der Waals surface area contributed by atoms with Crippen LogP contribution in [0.4, 0.5) is 0 Å². The zero-order chi connectivity index (χ0) is 16.0. The minimum Gasteiger partial charge on any atom is -0.0848 e. The van der Waals surface area contributed by atoms with E-state index in [4.69, 9.17) is 0 Å². The van der Waals surface area contributed by atoms with E-state index in [9.17, 15) is 0 Å². The fourth-order valence-electron chi connectivity index (χ4n) is 4.43. The van der Waals surface area contributed by atoms with Crippen LogP contribution in [0.15, 0.2) is 47.1 Å². The molecule has 0 radical (unpaired) electrons. The Kier molecular flexibility index (Phi) is 6.29. The molecule has 22 heavy (non-hydrogen) atoms. The van der Waals surface area contributed by atoms with Gasteiger partial charge in [-0.15, -0.1) is 0 Å². The van der Waals surface area contributed by atoms with Crippen molar-refractivity contribution < 1.29 is 0 Å². The smallest absolute Gasteiger partial charge is 0.00438 e. The molecule has 0 unspecified atom stereocenters. The fourth-order valence-corrected chi connectivity index (χ4v) is 4.43. The molecule has 0 nitrogen and oxygen atoms in total. The van der Waals surface area contributed by atoms with E-state index in [1.165, 1.54) is 44.1 Å². The molecule has 3 fully saturated rings. The quantitative estimate of drug-likeness (QED) is 0.519. The maximum Gasteiger partial charge on any atom is -0.00438 e. The van der Waals surface area contributed by atoms with E-state index in [1.807, 2.05) is 13.8 Å². The van der Waals surface area contributed by atoms with Gasteiger partial charge < -0.3 is 0 Å². The fraction of sp³-hybridized carbons (Fsp3) is 0.636. The van der Waals surface area contributed by atoms with E-state index in [1.54, 1.807) is 11.1 Å². The van der Waals surface area contributed by atoms with Gasteiger partial charge in [-0.1, -0.05) is 56.7 Å². The Balaban J connectivity index is 0.000000847. The second-order valence-corrected chi connectivity index (χ2v) is 7.06. The first-order chi connectivity index (χ1) is 10.7. The number of rotatable bonds is 3. The van der Waals surface area contributed by atoms with Crippen molar-refractivity contribution in [3.63, 3.8) is 0 Å². The Hall–Kier alpha value is -1.04. The number of fused-ring (bicyclic) bond motifs is 3. The zero-order valence-corrected chi connectivity index (χ0v) is 15.1. The Bertz CT molecular complexity index is 462. The Morgan fingerprint density at radius 3 is 2.32 bits per heavy atom. The third-order valence-electron chi connectivity index (χ3n) is 5.68. The molecular formula is C22H34. The summed E-state index contributed by atoms with van der Waals surface area (Å²) in [6, 6.07) is 0. The van der Waals surface area contributed by atoms with Crippen molar-refractivity contribution in [2.24, 2.45) is 11.3 Å². The summed E-state index contributed by atoms with van der Waals surface area (Å²) in [5.74, 6) is 1.05. The molecule has 0 aromatic rings. The summed E-state index contributed by atoms with van der Waals surface area (Å²) in [5, 5.41) is 0. The predicted molar refractivity (Wildman–Crippen MR) is 98.9 cm³/mol. The van der Waals surface area contributed by atoms with Crippen LogP contribution in [0.2, 0.25) is 0 Å². The Morgan fingerprint density at radius 1 is 1.09 bits per heavy atom. The zero-order valence-electron chi connectivity index (χ0n) is 15.1. The minimum absolute atomic E-state index is 0.526. The van der Waals surface area contributed by atoms with Crippen molar-refractivity contribution >= 4 is 0 Å². The van der Waals surface area contributed by atoms with Gasteiger partial charge in [-0.2, -0.15) is 0 Å². The molecule has 0 aromatic heterocycles. The highest BCUT2D eigenvalue weighted by Gasteiger charge is 2.43. The van der Waals surface area contributed by atoms with Gasteiger partial charge in [0.15, 0.2) is 0 Å². The van der Waals surface area contributed by atoms with E-state index in [0.717, 1.165) is 18.8 Å². The molecule has 0 heterocycles. The third-order valence-corrected chi connectivity index (χ3v) is 5.68. The lowest BCUT2D eigenvalue weighted by atomic mass is 9.56. The summed E-state index contributed by atoms with van der Waals surface area (Å²) in [4.78, 5) is 0. The lowest BCUT2D eigenvalue weighted by molar-refractivity contribution is 0.101. The van der Waals surface area contributed by atoms with Crippen molar-refractivity contribution in [2.45, 2.75) is 79.1 Å². The molecule has 2 bridgehead atoms. The van der Waals surface area contributed by atoms with Crippen molar-refractivity contribution in [3.05, 3.63) is 47.1 Å². The summed E-state index contributed by atoms with van der Waals surface area (Å²) < 4.78 is 0. The van der Waals surface area contributed by atoms with Crippen LogP contribution in [0.25, 0.3) is 0 Å². The topological polar surface area (TPSA) is 0 Å². The molecule has 0 N–H and O–H groups in total. The van der Waals surface area contributed by atoms with Crippen LogP contribution in [-0.2, 0) is 0 Å². The SMILES string of the molecule is CC.CC/C=C\C=C1/CC(C)=CC=C1C12CCC(CC1)CC2. The number of hydrogen-bond acceptors (Lipinski definition) is 0. The summed E-state index contributed by atoms with van der Waals surface area (Å²) in [7, 11) is 0. The summed E-state index contributed by atoms with van der Waals surface area (Å²) in [5.41, 5.74) is 5.31. The van der Waals surface area contributed by atoms with Gasteiger partial charge in [0.2, 0.25) is 0 Å². The van der Waals surface area contributed by atoms with E-state index in [-0.39, 0.29) is 0 Å². The van der Waals surface area contributed by atoms with Crippen LogP contribution in [-0.4, -0.2) is 0 Å². The molecule has 0 aliphatic heterocycles. The molecule has 4 aliphatic carbocycles. The predicted octanol–water partition coefficient (Wildman–Crippen LogP) is 7.15. The van der Waals surface area contributed by atoms with Gasteiger partial charge >= 0.3 is 0 Å². The molecule has 0 atom stereocenters. The average Bonchev–Trinajstić information content (AvgIpc) is 2.58. The van der Waals surface area contributed by atoms with Gasteiger partial charge in [0.25, 0.3) is 0 Å². The Morgan fingerprint density at radius 2 is 1.73 bits per heavy atom. The van der Waals surface area contributed by atoms with Crippen LogP contribution in [0.5, 0.6) is 0 Å². The van der Waals surface area contributed by atoms with E-state index in [0.29, 0.717) is 5.41 Å². The second-order valence-electron chi connectivity index (χ2n) is 7.06. The minimum atomic E-state index is 0.526. The van der Waals surface area contributed by atoms with Crippen molar-refractivity contribution in [1.82, 2.24) is 0 Å². The molecule has 0 saturated heterocycles. The first-order valence-corrected chi connectivity index (χ1v) is 9.47. The van der Waals surface area contributed by atoms with Crippen molar-refractivity contribution in [3.8, 4) is 0 Å². The van der Waals surface area contributed by atoms with Crippen molar-refractivity contribution in [1.29, 1.82) is 0 Å². The van der Waals surface area contributed by atoms with Gasteiger partial charge in [-0.05, 0) is 80.8 Å². The van der Waals surface area contributed by atoms with Crippen LogP contribution in [0.3, 0.4) is 0 Å². The normalized spacial score (nSPS) is 32.5. The molecule has 0 heteroatoms. The van der Waals surface area contributed by atoms with Gasteiger partial charge in [0.05, 0.1) is 0 Å². The maximum absolute atomic E-state index is 2.45. The molecule has 0 aromatic carbocycles. The number of allylic oxidation sites excluding steroid dienone is 8. The Labute approximate surface area is 138 Å². The van der Waals surface area contributed by atoms with Gasteiger partial charge in [0.1, 0.15) is 0 Å². The molecule has 122 valence electrons. The first-order valence-electron chi connectivity index (χ1n) is 9.47. The standard InChI is InChI=1S/C20H28.C2H6/c1-3-4-5-6-18-15-16(2)7-8-19(18)20-12-9-17(10-13-20)11-14-20;1-2/h4-8,17H,3,9-15H2,1-2H3;1-2H3/b5-4-,18-6+;. The van der Waals surface area contributed by atoms with Crippen LogP contribution in [0.1, 0.15) is 79.1 Å². The highest BCUT2D eigenvalue weighted by atomic mass is 14.5. The van der Waals surface area contributed by atoms with Crippen LogP contribution >= 0.6 is 0 Å². The number of hydrogen-bond donors (Lipinski definition) is 0. The van der Waals surface area contributed by atoms with Crippen molar-refractivity contribution in [2.75, 3.05) is 0 Å². The second kappa shape index (κ2) is 7.99. The van der Waals surface area contributed by atoms with E-state index >= 15 is 0 Å². The van der Waals surface area contributed by atoms with E-state index < -0.39 is 0 Å². The first kappa shape index (κ1) is 17.3. The monoisotopic (exact) mass is 298 g/mol. The molecule has 4 rings (SSSR count). The highest BCUT2D eigenvalue weighted by Crippen LogP contribution is 2.56. The summed E-state index contributed by atoms with van der Waals surface area (Å²) in [6.45, 7) is 8.47. The summed E-state index contributed by atoms with van der Waals surface area (Å²) >= 11 is 0.